The van der Waals surface area contributed by atoms with E-state index in [4.69, 9.17) is 21.8 Å². The molecule has 1 aliphatic rings. The van der Waals surface area contributed by atoms with Crippen molar-refractivity contribution in [3.05, 3.63) is 102 Å². The lowest BCUT2D eigenvalue weighted by atomic mass is 9.86. The van der Waals surface area contributed by atoms with E-state index in [2.05, 4.69) is 0 Å². The third-order valence-corrected chi connectivity index (χ3v) is 4.80. The van der Waals surface area contributed by atoms with Gasteiger partial charge in [-0.05, 0) is 23.3 Å². The van der Waals surface area contributed by atoms with E-state index in [0.717, 1.165) is 16.2 Å². The van der Waals surface area contributed by atoms with Crippen LogP contribution in [0.25, 0.3) is 0 Å². The molecule has 1 saturated heterocycles. The summed E-state index contributed by atoms with van der Waals surface area (Å²) in [6.07, 6.45) is -1.23. The molecule has 27 heavy (non-hydrogen) atoms. The first-order valence-corrected chi connectivity index (χ1v) is 9.02. The minimum absolute atomic E-state index is 0.215. The van der Waals surface area contributed by atoms with Crippen molar-refractivity contribution in [1.82, 2.24) is 5.06 Å². The van der Waals surface area contributed by atoms with Gasteiger partial charge in [-0.3, -0.25) is 0 Å². The molecule has 1 amide bonds. The first-order valence-electron chi connectivity index (χ1n) is 8.61. The summed E-state index contributed by atoms with van der Waals surface area (Å²) in [6, 6.07) is 28.8. The van der Waals surface area contributed by atoms with Gasteiger partial charge in [0, 0.05) is 0 Å². The fourth-order valence-electron chi connectivity index (χ4n) is 3.15. The Morgan fingerprint density at radius 1 is 0.815 bits per heavy atom. The van der Waals surface area contributed by atoms with E-state index in [0.29, 0.717) is 10.7 Å². The molecule has 4 rings (SSSR count). The van der Waals surface area contributed by atoms with Crippen molar-refractivity contribution in [1.29, 1.82) is 0 Å². The molecule has 0 aromatic heterocycles. The molecule has 0 N–H and O–H groups in total. The van der Waals surface area contributed by atoms with Gasteiger partial charge in [-0.15, -0.1) is 0 Å². The van der Waals surface area contributed by atoms with Gasteiger partial charge in [-0.25, -0.2) is 4.79 Å². The summed E-state index contributed by atoms with van der Waals surface area (Å²) in [7, 11) is 0. The predicted octanol–water partition coefficient (Wildman–Crippen LogP) is 4.96. The van der Waals surface area contributed by atoms with Crippen LogP contribution in [0.1, 0.15) is 17.0 Å². The Balaban J connectivity index is 1.67. The third-order valence-electron chi connectivity index (χ3n) is 4.40. The van der Waals surface area contributed by atoms with Crippen molar-refractivity contribution < 1.29 is 14.4 Å². The number of carbonyl (C=O) groups excluding carboxylic acids is 1. The van der Waals surface area contributed by atoms with E-state index in [1.807, 2.05) is 78.9 Å². The molecule has 5 heteroatoms. The first-order chi connectivity index (χ1) is 13.2. The number of hydroxylamine groups is 2. The van der Waals surface area contributed by atoms with Crippen LogP contribution in [0.15, 0.2) is 91.0 Å². The third kappa shape index (κ3) is 3.55. The highest BCUT2D eigenvalue weighted by atomic mass is 32.1. The Morgan fingerprint density at radius 2 is 1.30 bits per heavy atom. The lowest BCUT2D eigenvalue weighted by Crippen LogP contribution is -2.35. The molecular formula is C22H17NO3S. The highest BCUT2D eigenvalue weighted by Crippen LogP contribution is 2.35. The molecule has 0 aliphatic carbocycles. The molecule has 1 atom stereocenters. The van der Waals surface area contributed by atoms with Crippen LogP contribution in [0.5, 0.6) is 5.75 Å². The van der Waals surface area contributed by atoms with Crippen LogP contribution in [0.4, 0.5) is 4.79 Å². The summed E-state index contributed by atoms with van der Waals surface area (Å²) < 4.78 is 5.65. The predicted molar refractivity (Wildman–Crippen MR) is 107 cm³/mol. The van der Waals surface area contributed by atoms with Crippen LogP contribution in [0.3, 0.4) is 0 Å². The number of benzene rings is 3. The maximum Gasteiger partial charge on any atom is 0.449 e. The molecule has 3 aromatic carbocycles. The van der Waals surface area contributed by atoms with Crippen LogP contribution in [0, 0.1) is 0 Å². The summed E-state index contributed by atoms with van der Waals surface area (Å²) in [5.74, 6) is 0.307. The van der Waals surface area contributed by atoms with E-state index < -0.39 is 12.2 Å². The van der Waals surface area contributed by atoms with E-state index in [1.165, 1.54) is 0 Å². The van der Waals surface area contributed by atoms with E-state index in [-0.39, 0.29) is 5.92 Å². The van der Waals surface area contributed by atoms with E-state index in [9.17, 15) is 4.79 Å². The molecule has 0 bridgehead atoms. The molecule has 134 valence electrons. The molecule has 1 aliphatic heterocycles. The summed E-state index contributed by atoms with van der Waals surface area (Å²) in [5.41, 5.74) is 2.04. The van der Waals surface area contributed by atoms with Crippen LogP contribution < -0.4 is 4.84 Å². The van der Waals surface area contributed by atoms with Gasteiger partial charge in [0.25, 0.3) is 0 Å². The molecule has 1 unspecified atom stereocenters. The lowest BCUT2D eigenvalue weighted by Gasteiger charge is -2.23. The van der Waals surface area contributed by atoms with Gasteiger partial charge >= 0.3 is 6.09 Å². The Kier molecular flexibility index (Phi) is 4.85. The number of ether oxygens (including phenoxy) is 1. The number of cyclic esters (lactones) is 1. The van der Waals surface area contributed by atoms with Gasteiger partial charge in [0.2, 0.25) is 0 Å². The molecule has 0 spiro atoms. The van der Waals surface area contributed by atoms with Gasteiger partial charge in [0.05, 0.1) is 5.92 Å². The minimum atomic E-state index is -0.624. The lowest BCUT2D eigenvalue weighted by molar-refractivity contribution is 0.0365. The van der Waals surface area contributed by atoms with Crippen molar-refractivity contribution in [3.8, 4) is 5.75 Å². The quantitative estimate of drug-likeness (QED) is 0.591. The average Bonchev–Trinajstić information content (AvgIpc) is 2.99. The smallest absolute Gasteiger partial charge is 0.435 e. The highest BCUT2D eigenvalue weighted by Gasteiger charge is 2.45. The minimum Gasteiger partial charge on any atom is -0.435 e. The van der Waals surface area contributed by atoms with Gasteiger partial charge in [-0.2, -0.15) is 0 Å². The second-order valence-corrected chi connectivity index (χ2v) is 6.56. The number of carbonyl (C=O) groups is 1. The number of nitrogens with zero attached hydrogens (tertiary/aromatic N) is 1. The zero-order valence-electron chi connectivity index (χ0n) is 14.4. The number of amides is 1. The van der Waals surface area contributed by atoms with E-state index >= 15 is 0 Å². The van der Waals surface area contributed by atoms with Gasteiger partial charge in [0.15, 0.2) is 16.8 Å². The van der Waals surface area contributed by atoms with Crippen LogP contribution in [-0.4, -0.2) is 22.2 Å². The maximum atomic E-state index is 12.5. The molecule has 1 fully saturated rings. The fraction of sp³-hybridized carbons (Fsp3) is 0.0909. The molecule has 4 nitrogen and oxygen atoms in total. The SMILES string of the molecule is O=C1OC(C(c2ccccc2)c2ccccc2)C(=S)N1Oc1ccccc1. The van der Waals surface area contributed by atoms with Crippen molar-refractivity contribution in [2.75, 3.05) is 0 Å². The van der Waals surface area contributed by atoms with Gasteiger partial charge in [0.1, 0.15) is 0 Å². The molecule has 3 aromatic rings. The number of thiocarbonyl (C=S) groups is 1. The Hall–Kier alpha value is -3.18. The summed E-state index contributed by atoms with van der Waals surface area (Å²) in [6.45, 7) is 0. The Labute approximate surface area is 162 Å². The standard InChI is InChI=1S/C22H17NO3S/c24-22-23(26-18-14-8-3-9-15-18)21(27)20(25-22)19(16-10-4-1-5-11-16)17-12-6-2-7-13-17/h1-15,19-20H. The van der Waals surface area contributed by atoms with Crippen molar-refractivity contribution in [2.24, 2.45) is 0 Å². The van der Waals surface area contributed by atoms with Crippen LogP contribution in [0.2, 0.25) is 0 Å². The monoisotopic (exact) mass is 375 g/mol. The van der Waals surface area contributed by atoms with Crippen molar-refractivity contribution in [2.45, 2.75) is 12.0 Å². The average molecular weight is 375 g/mol. The highest BCUT2D eigenvalue weighted by molar-refractivity contribution is 7.80. The zero-order valence-corrected chi connectivity index (χ0v) is 15.2. The second-order valence-electron chi connectivity index (χ2n) is 6.14. The number of para-hydroxylation sites is 1. The number of hydrogen-bond acceptors (Lipinski definition) is 4. The van der Waals surface area contributed by atoms with Gasteiger partial charge in [-0.1, -0.05) is 96.1 Å². The van der Waals surface area contributed by atoms with E-state index in [1.54, 1.807) is 12.1 Å². The topological polar surface area (TPSA) is 38.8 Å². The second kappa shape index (κ2) is 7.60. The van der Waals surface area contributed by atoms with Crippen molar-refractivity contribution in [3.63, 3.8) is 0 Å². The number of hydrogen-bond donors (Lipinski definition) is 0. The van der Waals surface area contributed by atoms with Gasteiger partial charge < -0.3 is 9.57 Å². The molecule has 1 heterocycles. The number of rotatable bonds is 5. The normalized spacial score (nSPS) is 16.5. The summed E-state index contributed by atoms with van der Waals surface area (Å²) in [5, 5.41) is 1.06. The molecule has 0 radical (unpaired) electrons. The first kappa shape index (κ1) is 17.2. The Bertz CT molecular complexity index is 892. The maximum absolute atomic E-state index is 12.5. The van der Waals surface area contributed by atoms with Crippen LogP contribution in [-0.2, 0) is 4.74 Å². The molecule has 0 saturated carbocycles. The summed E-state index contributed by atoms with van der Waals surface area (Å²) >= 11 is 5.57. The Morgan fingerprint density at radius 3 is 1.81 bits per heavy atom. The fourth-order valence-corrected chi connectivity index (χ4v) is 3.45. The molecular weight excluding hydrogens is 358 g/mol. The van der Waals surface area contributed by atoms with Crippen LogP contribution >= 0.6 is 12.2 Å². The zero-order chi connectivity index (χ0) is 18.6. The largest absolute Gasteiger partial charge is 0.449 e. The van der Waals surface area contributed by atoms with Crippen molar-refractivity contribution >= 4 is 23.3 Å². The summed E-state index contributed by atoms with van der Waals surface area (Å²) in [4.78, 5) is 18.4.